The Morgan fingerprint density at radius 3 is 2.60 bits per heavy atom. The number of benzene rings is 2. The van der Waals surface area contributed by atoms with Gasteiger partial charge in [0.2, 0.25) is 0 Å². The van der Waals surface area contributed by atoms with E-state index in [1.807, 2.05) is 49.5 Å². The minimum absolute atomic E-state index is 0.138. The van der Waals surface area contributed by atoms with E-state index >= 15 is 0 Å². The fourth-order valence-corrected chi connectivity index (χ4v) is 5.01. The number of hydrogen-bond acceptors (Lipinski definition) is 4. The Hall–Kier alpha value is -3.54. The Bertz CT molecular complexity index is 1300. The first kappa shape index (κ1) is 24.6. The van der Waals surface area contributed by atoms with Crippen LogP contribution in [0, 0.1) is 6.92 Å². The molecule has 1 aromatic heterocycles. The number of methoxy groups -OCH3 is 1. The number of amides is 1. The summed E-state index contributed by atoms with van der Waals surface area (Å²) in [5.41, 5.74) is 4.13. The largest absolute Gasteiger partial charge is 0.507 e. The third-order valence-corrected chi connectivity index (χ3v) is 6.91. The second-order valence-electron chi connectivity index (χ2n) is 9.55. The third-order valence-electron chi connectivity index (χ3n) is 6.91. The van der Waals surface area contributed by atoms with Crippen molar-refractivity contribution in [2.75, 3.05) is 13.7 Å². The number of nitrogens with one attached hydrogen (secondary N) is 1. The lowest BCUT2D eigenvalue weighted by Gasteiger charge is -2.25. The zero-order valence-electron chi connectivity index (χ0n) is 21.1. The van der Waals surface area contributed by atoms with Crippen molar-refractivity contribution in [3.8, 4) is 5.75 Å². The molecule has 0 saturated carbocycles. The van der Waals surface area contributed by atoms with Crippen LogP contribution >= 0.6 is 0 Å². The number of fused-ring (bicyclic) bond motifs is 1. The lowest BCUT2D eigenvalue weighted by molar-refractivity contribution is -0.139. The maximum Gasteiger partial charge on any atom is 0.295 e. The number of aliphatic hydroxyl groups is 1. The maximum atomic E-state index is 13.4. The highest BCUT2D eigenvalue weighted by Crippen LogP contribution is 2.43. The van der Waals surface area contributed by atoms with Gasteiger partial charge in [0.15, 0.2) is 0 Å². The molecule has 0 aliphatic carbocycles. The van der Waals surface area contributed by atoms with Crippen molar-refractivity contribution < 1.29 is 19.4 Å². The molecule has 184 valence electrons. The number of H-pyrrole nitrogens is 1. The third kappa shape index (κ3) is 4.33. The summed E-state index contributed by atoms with van der Waals surface area (Å²) in [5, 5.41) is 12.5. The number of rotatable bonds is 8. The molecule has 0 radical (unpaired) electrons. The van der Waals surface area contributed by atoms with Crippen LogP contribution in [0.3, 0.4) is 0 Å². The number of para-hydroxylation sites is 1. The quantitative estimate of drug-likeness (QED) is 0.176. The van der Waals surface area contributed by atoms with Crippen molar-refractivity contribution in [1.82, 2.24) is 9.88 Å². The number of carbonyl (C=O) groups excluding carboxylic acids is 2. The molecule has 3 aromatic rings. The molecule has 6 heteroatoms. The van der Waals surface area contributed by atoms with Gasteiger partial charge in [0.25, 0.3) is 11.7 Å². The maximum absolute atomic E-state index is 13.4. The van der Waals surface area contributed by atoms with Crippen LogP contribution in [0.25, 0.3) is 16.7 Å². The fourth-order valence-electron chi connectivity index (χ4n) is 5.01. The zero-order chi connectivity index (χ0) is 25.3. The molecule has 1 atom stereocenters. The van der Waals surface area contributed by atoms with Crippen molar-refractivity contribution in [2.24, 2.45) is 0 Å². The van der Waals surface area contributed by atoms with E-state index in [0.717, 1.165) is 52.6 Å². The van der Waals surface area contributed by atoms with Gasteiger partial charge in [-0.25, -0.2) is 0 Å². The van der Waals surface area contributed by atoms with E-state index in [0.29, 0.717) is 12.1 Å². The first-order valence-corrected chi connectivity index (χ1v) is 12.3. The second-order valence-corrected chi connectivity index (χ2v) is 9.55. The van der Waals surface area contributed by atoms with E-state index < -0.39 is 17.7 Å². The average Bonchev–Trinajstić information content (AvgIpc) is 3.37. The average molecular weight is 475 g/mol. The molecule has 1 unspecified atom stereocenters. The first-order valence-electron chi connectivity index (χ1n) is 12.3. The molecule has 1 saturated heterocycles. The Labute approximate surface area is 206 Å². The number of carbonyl (C=O) groups is 2. The molecular formula is C29H34N2O4. The number of ether oxygens (including phenoxy) is 1. The van der Waals surface area contributed by atoms with Crippen LogP contribution in [0.5, 0.6) is 5.75 Å². The van der Waals surface area contributed by atoms with E-state index in [1.165, 1.54) is 0 Å². The number of unbranched alkanes of at least 4 members (excludes halogenated alkanes) is 2. The molecule has 0 spiro atoms. The number of aromatic amines is 1. The van der Waals surface area contributed by atoms with Gasteiger partial charge in [-0.15, -0.1) is 0 Å². The summed E-state index contributed by atoms with van der Waals surface area (Å²) in [7, 11) is 1.62. The highest BCUT2D eigenvalue weighted by Gasteiger charge is 2.46. The van der Waals surface area contributed by atoms with Gasteiger partial charge in [0.1, 0.15) is 11.5 Å². The Morgan fingerprint density at radius 1 is 1.17 bits per heavy atom. The van der Waals surface area contributed by atoms with Crippen LogP contribution in [0.4, 0.5) is 0 Å². The number of likely N-dealkylation sites (tertiary alicyclic amines) is 1. The van der Waals surface area contributed by atoms with Gasteiger partial charge in [-0.05, 0) is 48.6 Å². The highest BCUT2D eigenvalue weighted by molar-refractivity contribution is 6.46. The Morgan fingerprint density at radius 2 is 1.91 bits per heavy atom. The van der Waals surface area contributed by atoms with Crippen molar-refractivity contribution in [3.63, 3.8) is 0 Å². The van der Waals surface area contributed by atoms with Gasteiger partial charge in [0.05, 0.1) is 18.7 Å². The lowest BCUT2D eigenvalue weighted by Crippen LogP contribution is -2.30. The normalized spacial score (nSPS) is 17.7. The van der Waals surface area contributed by atoms with Crippen molar-refractivity contribution in [1.29, 1.82) is 0 Å². The molecule has 35 heavy (non-hydrogen) atoms. The fraction of sp³-hybridized carbons (Fsp3) is 0.379. The smallest absolute Gasteiger partial charge is 0.295 e. The molecule has 2 aromatic carbocycles. The van der Waals surface area contributed by atoms with E-state index in [1.54, 1.807) is 12.0 Å². The molecule has 2 heterocycles. The number of aliphatic hydroxyl groups excluding tert-OH is 1. The molecular weight excluding hydrogens is 440 g/mol. The van der Waals surface area contributed by atoms with Gasteiger partial charge in [-0.3, -0.25) is 9.59 Å². The van der Waals surface area contributed by atoms with Crippen LogP contribution < -0.4 is 4.74 Å². The number of hydrogen-bond donors (Lipinski definition) is 2. The van der Waals surface area contributed by atoms with E-state index in [-0.39, 0.29) is 17.3 Å². The SMILES string of the molecule is CCCCCN1C(=O)C(=O)/C(=C(/O)c2cc(C(C)C)c(OC)cc2C)C1c1c[nH]c2ccccc12. The summed E-state index contributed by atoms with van der Waals surface area (Å²) in [6.07, 6.45) is 4.60. The van der Waals surface area contributed by atoms with Crippen LogP contribution in [0.1, 0.15) is 74.2 Å². The van der Waals surface area contributed by atoms with Gasteiger partial charge >= 0.3 is 0 Å². The van der Waals surface area contributed by atoms with Gasteiger partial charge in [0, 0.05) is 34.8 Å². The van der Waals surface area contributed by atoms with Crippen molar-refractivity contribution >= 4 is 28.4 Å². The van der Waals surface area contributed by atoms with Crippen LogP contribution in [0.2, 0.25) is 0 Å². The predicted molar refractivity (Wildman–Crippen MR) is 139 cm³/mol. The van der Waals surface area contributed by atoms with Gasteiger partial charge in [-0.2, -0.15) is 0 Å². The number of ketones is 1. The molecule has 1 amide bonds. The Balaban J connectivity index is 1.94. The van der Waals surface area contributed by atoms with Crippen LogP contribution in [-0.2, 0) is 9.59 Å². The standard InChI is InChI=1S/C29H34N2O4/c1-6-7-10-13-31-26(22-16-30-23-12-9-8-11-19(22)23)25(28(33)29(31)34)27(32)21-15-20(17(2)3)24(35-5)14-18(21)4/h8-9,11-12,14-17,26,30,32H,6-7,10,13H2,1-5H3/b27-25+. The molecule has 0 bridgehead atoms. The van der Waals surface area contributed by atoms with Crippen LogP contribution in [0.15, 0.2) is 48.2 Å². The van der Waals surface area contributed by atoms with E-state index in [2.05, 4.69) is 25.8 Å². The Kier molecular flexibility index (Phi) is 7.01. The summed E-state index contributed by atoms with van der Waals surface area (Å²) < 4.78 is 5.55. The first-order chi connectivity index (χ1) is 16.8. The summed E-state index contributed by atoms with van der Waals surface area (Å²) in [4.78, 5) is 31.6. The lowest BCUT2D eigenvalue weighted by atomic mass is 9.91. The number of nitrogens with zero attached hydrogens (tertiary/aromatic N) is 1. The van der Waals surface area contributed by atoms with Gasteiger partial charge < -0.3 is 19.7 Å². The van der Waals surface area contributed by atoms with Gasteiger partial charge in [-0.1, -0.05) is 51.8 Å². The minimum Gasteiger partial charge on any atom is -0.507 e. The van der Waals surface area contributed by atoms with Crippen molar-refractivity contribution in [2.45, 2.75) is 58.9 Å². The molecule has 2 N–H and O–H groups in total. The molecule has 4 rings (SSSR count). The zero-order valence-corrected chi connectivity index (χ0v) is 21.1. The summed E-state index contributed by atoms with van der Waals surface area (Å²) >= 11 is 0. The monoisotopic (exact) mass is 474 g/mol. The van der Waals surface area contributed by atoms with E-state index in [9.17, 15) is 14.7 Å². The predicted octanol–water partition coefficient (Wildman–Crippen LogP) is 6.22. The topological polar surface area (TPSA) is 82.6 Å². The van der Waals surface area contributed by atoms with Crippen molar-refractivity contribution in [3.05, 3.63) is 70.4 Å². The molecule has 1 fully saturated rings. The minimum atomic E-state index is -0.660. The molecule has 6 nitrogen and oxygen atoms in total. The summed E-state index contributed by atoms with van der Waals surface area (Å²) in [6.45, 7) is 8.53. The number of aryl methyl sites for hydroxylation is 1. The summed E-state index contributed by atoms with van der Waals surface area (Å²) in [6, 6.07) is 10.9. The number of aromatic nitrogens is 1. The second kappa shape index (κ2) is 9.98. The highest BCUT2D eigenvalue weighted by atomic mass is 16.5. The molecule has 1 aliphatic rings. The molecule has 1 aliphatic heterocycles. The number of Topliss-reactive ketones (excluding diaryl/α,β-unsaturated/α-hetero) is 1. The van der Waals surface area contributed by atoms with Crippen LogP contribution in [-0.4, -0.2) is 40.3 Å². The van der Waals surface area contributed by atoms with E-state index in [4.69, 9.17) is 4.74 Å². The summed E-state index contributed by atoms with van der Waals surface area (Å²) in [5.74, 6) is -0.456.